The first-order valence-corrected chi connectivity index (χ1v) is 7.29. The molecule has 0 aromatic carbocycles. The molecule has 0 bridgehead atoms. The van der Waals surface area contributed by atoms with Crippen molar-refractivity contribution in [3.63, 3.8) is 0 Å². The van der Waals surface area contributed by atoms with Gasteiger partial charge in [0, 0.05) is 24.1 Å². The van der Waals surface area contributed by atoms with Gasteiger partial charge in [0.25, 0.3) is 0 Å². The first kappa shape index (κ1) is 13.8. The number of hydrogen-bond acceptors (Lipinski definition) is 3. The van der Waals surface area contributed by atoms with Crippen LogP contribution in [-0.4, -0.2) is 25.1 Å². The van der Waals surface area contributed by atoms with E-state index in [0.717, 1.165) is 24.9 Å². The molecular weight excluding hydrogens is 251 g/mol. The average molecular weight is 270 g/mol. The third-order valence-corrected chi connectivity index (χ3v) is 4.96. The summed E-state index contributed by atoms with van der Waals surface area (Å²) < 4.78 is 27.4. The molecule has 1 aromatic rings. The smallest absolute Gasteiger partial charge is 0.141 e. The highest BCUT2D eigenvalue weighted by Crippen LogP contribution is 2.37. The molecule has 1 fully saturated rings. The Morgan fingerprint density at radius 1 is 1.44 bits per heavy atom. The molecule has 100 valence electrons. The minimum absolute atomic E-state index is 0.0215. The topological polar surface area (TPSA) is 39.2 Å². The third-order valence-electron chi connectivity index (χ3n) is 3.05. The van der Waals surface area contributed by atoms with Gasteiger partial charge in [-0.1, -0.05) is 0 Å². The maximum absolute atomic E-state index is 13.2. The predicted octanol–water partition coefficient (Wildman–Crippen LogP) is 2.82. The average Bonchev–Trinajstić information content (AvgIpc) is 2.75. The Morgan fingerprint density at radius 3 is 2.78 bits per heavy atom. The summed E-state index contributed by atoms with van der Waals surface area (Å²) in [6.07, 6.45) is 4.77. The van der Waals surface area contributed by atoms with Crippen molar-refractivity contribution in [2.75, 3.05) is 6.54 Å². The molecule has 2 rings (SSSR count). The van der Waals surface area contributed by atoms with Gasteiger partial charge < -0.3 is 4.55 Å². The van der Waals surface area contributed by atoms with Gasteiger partial charge >= 0.3 is 0 Å². The van der Waals surface area contributed by atoms with E-state index < -0.39 is 11.4 Å². The van der Waals surface area contributed by atoms with E-state index in [0.29, 0.717) is 0 Å². The fourth-order valence-corrected chi connectivity index (χ4v) is 3.69. The zero-order chi connectivity index (χ0) is 13.3. The van der Waals surface area contributed by atoms with Crippen LogP contribution in [-0.2, 0) is 11.4 Å². The van der Waals surface area contributed by atoms with Crippen LogP contribution in [0, 0.1) is 5.82 Å². The van der Waals surface area contributed by atoms with Crippen molar-refractivity contribution in [1.29, 1.82) is 0 Å². The van der Waals surface area contributed by atoms with E-state index in [4.69, 9.17) is 0 Å². The summed E-state index contributed by atoms with van der Waals surface area (Å²) in [5.74, 6) is -0.333. The van der Waals surface area contributed by atoms with Crippen LogP contribution in [0.3, 0.4) is 0 Å². The highest BCUT2D eigenvalue weighted by atomic mass is 32.2. The number of halogens is 1. The lowest BCUT2D eigenvalue weighted by molar-refractivity contribution is 0.379. The quantitative estimate of drug-likeness (QED) is 0.776. The highest BCUT2D eigenvalue weighted by molar-refractivity contribution is 7.90. The van der Waals surface area contributed by atoms with Crippen molar-refractivity contribution in [3.8, 4) is 0 Å². The maximum Gasteiger partial charge on any atom is 0.141 e. The Labute approximate surface area is 111 Å². The number of rotatable bonds is 2. The fraction of sp³-hybridized carbons (Fsp3) is 0.615. The molecule has 2 atom stereocenters. The van der Waals surface area contributed by atoms with Gasteiger partial charge in [0.2, 0.25) is 0 Å². The van der Waals surface area contributed by atoms with Crippen LogP contribution in [0.4, 0.5) is 4.39 Å². The molecule has 0 saturated carbocycles. The van der Waals surface area contributed by atoms with Crippen molar-refractivity contribution in [2.45, 2.75) is 44.4 Å². The predicted molar refractivity (Wildman–Crippen MR) is 70.8 cm³/mol. The molecule has 2 heterocycles. The van der Waals surface area contributed by atoms with Crippen LogP contribution >= 0.6 is 0 Å². The highest BCUT2D eigenvalue weighted by Gasteiger charge is 2.41. The van der Waals surface area contributed by atoms with Gasteiger partial charge in [0.05, 0.1) is 12.2 Å². The van der Waals surface area contributed by atoms with Gasteiger partial charge in [-0.2, -0.15) is 0 Å². The summed E-state index contributed by atoms with van der Waals surface area (Å²) in [6, 6.07) is 1.52. The lowest BCUT2D eigenvalue weighted by Gasteiger charge is -2.33. The van der Waals surface area contributed by atoms with Crippen LogP contribution in [0.1, 0.15) is 45.2 Å². The van der Waals surface area contributed by atoms with Gasteiger partial charge in [-0.15, -0.1) is 4.31 Å². The van der Waals surface area contributed by atoms with Crippen LogP contribution < -0.4 is 0 Å². The molecule has 0 radical (unpaired) electrons. The first-order valence-electron chi connectivity index (χ1n) is 6.18. The summed E-state index contributed by atoms with van der Waals surface area (Å²) in [7, 11) is 0. The minimum Gasteiger partial charge on any atom is -0.597 e. The van der Waals surface area contributed by atoms with Crippen LogP contribution in [0.25, 0.3) is 0 Å². The lowest BCUT2D eigenvalue weighted by atomic mass is 10.1. The van der Waals surface area contributed by atoms with Gasteiger partial charge in [-0.25, -0.2) is 4.39 Å². The summed E-state index contributed by atoms with van der Waals surface area (Å²) in [5.41, 5.74) is 0.824. The Kier molecular flexibility index (Phi) is 3.94. The fourth-order valence-electron chi connectivity index (χ4n) is 2.23. The molecule has 1 aliphatic heterocycles. The number of aromatic nitrogens is 1. The van der Waals surface area contributed by atoms with E-state index in [1.165, 1.54) is 12.3 Å². The van der Waals surface area contributed by atoms with E-state index in [1.807, 2.05) is 25.1 Å². The van der Waals surface area contributed by atoms with Crippen molar-refractivity contribution in [1.82, 2.24) is 9.29 Å². The normalized spacial score (nSPS) is 23.3. The molecule has 0 amide bonds. The summed E-state index contributed by atoms with van der Waals surface area (Å²) in [6.45, 7) is 6.68. The third kappa shape index (κ3) is 2.84. The number of hydrogen-bond donors (Lipinski definition) is 0. The second kappa shape index (κ2) is 5.15. The molecule has 1 unspecified atom stereocenters. The molecule has 3 nitrogen and oxygen atoms in total. The molecule has 1 aliphatic rings. The van der Waals surface area contributed by atoms with E-state index in [1.54, 1.807) is 6.20 Å². The molecule has 0 spiro atoms. The summed E-state index contributed by atoms with van der Waals surface area (Å²) in [4.78, 5) is 3.88. The molecule has 18 heavy (non-hydrogen) atoms. The maximum atomic E-state index is 13.2. The van der Waals surface area contributed by atoms with Crippen molar-refractivity contribution >= 4 is 11.4 Å². The van der Waals surface area contributed by atoms with Crippen LogP contribution in [0.15, 0.2) is 18.5 Å². The number of nitrogens with zero attached hydrogens (tertiary/aromatic N) is 2. The Balaban J connectivity index is 2.23. The zero-order valence-corrected chi connectivity index (χ0v) is 11.8. The molecular formula is C13H19FN2OS. The van der Waals surface area contributed by atoms with Crippen molar-refractivity contribution in [3.05, 3.63) is 29.8 Å². The minimum atomic E-state index is -1.07. The Morgan fingerprint density at radius 2 is 2.17 bits per heavy atom. The molecule has 1 aromatic heterocycles. The Hall–Kier alpha value is -0.650. The largest absolute Gasteiger partial charge is 0.597 e. The standard InChI is InChI=1S/C13H19FN2OS/c1-13(2,3)18(17)16-6-4-5-12(16)10-7-11(14)9-15-8-10/h7-9,12H,4-6H2,1-3H3/t12-,18?/m0/s1. The zero-order valence-electron chi connectivity index (χ0n) is 11.0. The van der Waals surface area contributed by atoms with Crippen molar-refractivity contribution < 1.29 is 8.94 Å². The lowest BCUT2D eigenvalue weighted by Crippen LogP contribution is -2.42. The number of pyridine rings is 1. The van der Waals surface area contributed by atoms with Gasteiger partial charge in [-0.3, -0.25) is 4.98 Å². The van der Waals surface area contributed by atoms with E-state index in [9.17, 15) is 8.94 Å². The molecule has 1 saturated heterocycles. The Bertz CT molecular complexity index is 422. The van der Waals surface area contributed by atoms with Gasteiger partial charge in [-0.05, 0) is 45.2 Å². The second-order valence-electron chi connectivity index (χ2n) is 5.60. The van der Waals surface area contributed by atoms with E-state index in [2.05, 4.69) is 4.98 Å². The van der Waals surface area contributed by atoms with E-state index >= 15 is 0 Å². The van der Waals surface area contributed by atoms with Gasteiger partial charge in [0.15, 0.2) is 0 Å². The SMILES string of the molecule is CC(C)(C)[S+]([O-])N1CCC[C@H]1c1cncc(F)c1. The second-order valence-corrected chi connectivity index (χ2v) is 7.79. The van der Waals surface area contributed by atoms with Crippen LogP contribution in [0.5, 0.6) is 0 Å². The molecule has 0 aliphatic carbocycles. The first-order chi connectivity index (χ1) is 8.39. The van der Waals surface area contributed by atoms with Gasteiger partial charge in [0.1, 0.15) is 10.6 Å². The van der Waals surface area contributed by atoms with Crippen LogP contribution in [0.2, 0.25) is 0 Å². The molecule has 5 heteroatoms. The summed E-state index contributed by atoms with van der Waals surface area (Å²) >= 11 is -1.07. The monoisotopic (exact) mass is 270 g/mol. The van der Waals surface area contributed by atoms with Crippen molar-refractivity contribution in [2.24, 2.45) is 0 Å². The van der Waals surface area contributed by atoms with E-state index in [-0.39, 0.29) is 16.6 Å². The summed E-state index contributed by atoms with van der Waals surface area (Å²) in [5, 5.41) is 0. The molecule has 0 N–H and O–H groups in total.